The zero-order valence-corrected chi connectivity index (χ0v) is 10.2. The molecule has 1 aromatic rings. The van der Waals surface area contributed by atoms with Crippen LogP contribution in [0.1, 0.15) is 26.5 Å². The van der Waals surface area contributed by atoms with E-state index in [9.17, 15) is 4.79 Å². The summed E-state index contributed by atoms with van der Waals surface area (Å²) in [5, 5.41) is 3.19. The molecule has 0 fully saturated rings. The van der Waals surface area contributed by atoms with Gasteiger partial charge in [-0.05, 0) is 32.9 Å². The number of nitrogens with one attached hydrogen (secondary N) is 1. The Hall–Kier alpha value is -1.42. The van der Waals surface area contributed by atoms with Gasteiger partial charge in [0.05, 0.1) is 12.8 Å². The van der Waals surface area contributed by atoms with Gasteiger partial charge in [-0.2, -0.15) is 0 Å². The molecule has 1 rings (SSSR count). The third-order valence-corrected chi connectivity index (χ3v) is 2.35. The molecule has 0 spiro atoms. The summed E-state index contributed by atoms with van der Waals surface area (Å²) in [5.74, 6) is -0.333. The smallest absolute Gasteiger partial charge is 0.332 e. The van der Waals surface area contributed by atoms with Gasteiger partial charge in [0.1, 0.15) is 0 Å². The molecule has 1 N–H and O–H groups in total. The Labute approximate surface area is 96.0 Å². The maximum absolute atomic E-state index is 11.8. The monoisotopic (exact) mass is 222 g/mol. The highest BCUT2D eigenvalue weighted by Crippen LogP contribution is 2.20. The van der Waals surface area contributed by atoms with Crippen molar-refractivity contribution in [1.29, 1.82) is 0 Å². The topological polar surface area (TPSA) is 51.2 Å². The average molecular weight is 222 g/mol. The van der Waals surface area contributed by atoms with Crippen LogP contribution in [0.15, 0.2) is 24.4 Å². The number of aromatic nitrogens is 1. The van der Waals surface area contributed by atoms with Crippen LogP contribution in [-0.2, 0) is 15.1 Å². The molecule has 1 unspecified atom stereocenters. The molecule has 0 aliphatic heterocycles. The predicted octanol–water partition coefficient (Wildman–Crippen LogP) is 1.47. The number of pyridine rings is 1. The standard InChI is InChI=1S/C12H18N2O2/c1-9(2)14-12(3,11(15)16-4)10-7-5-6-8-13-10/h5-9,14H,1-4H3. The Morgan fingerprint density at radius 2 is 2.19 bits per heavy atom. The zero-order valence-electron chi connectivity index (χ0n) is 10.2. The third-order valence-electron chi connectivity index (χ3n) is 2.35. The molecule has 16 heavy (non-hydrogen) atoms. The van der Waals surface area contributed by atoms with Gasteiger partial charge in [-0.25, -0.2) is 4.79 Å². The Kier molecular flexibility index (Phi) is 4.01. The number of esters is 1. The molecule has 0 amide bonds. The number of rotatable bonds is 4. The molecule has 4 nitrogen and oxygen atoms in total. The number of nitrogens with zero attached hydrogens (tertiary/aromatic N) is 1. The summed E-state index contributed by atoms with van der Waals surface area (Å²) >= 11 is 0. The van der Waals surface area contributed by atoms with Crippen LogP contribution in [0.2, 0.25) is 0 Å². The second kappa shape index (κ2) is 5.07. The molecule has 0 aliphatic rings. The lowest BCUT2D eigenvalue weighted by Gasteiger charge is -2.29. The van der Waals surface area contributed by atoms with Gasteiger partial charge in [-0.1, -0.05) is 6.07 Å². The van der Waals surface area contributed by atoms with Gasteiger partial charge in [-0.3, -0.25) is 10.3 Å². The first-order chi connectivity index (χ1) is 7.50. The summed E-state index contributed by atoms with van der Waals surface area (Å²) in [5.41, 5.74) is -0.236. The van der Waals surface area contributed by atoms with E-state index in [1.807, 2.05) is 32.0 Å². The number of carbonyl (C=O) groups excluding carboxylic acids is 1. The molecule has 1 atom stereocenters. The highest BCUT2D eigenvalue weighted by molar-refractivity contribution is 5.81. The maximum Gasteiger partial charge on any atom is 0.332 e. The lowest BCUT2D eigenvalue weighted by atomic mass is 9.96. The number of methoxy groups -OCH3 is 1. The number of ether oxygens (including phenoxy) is 1. The quantitative estimate of drug-likeness (QED) is 0.784. The molecule has 0 radical (unpaired) electrons. The van der Waals surface area contributed by atoms with E-state index in [-0.39, 0.29) is 12.0 Å². The number of hydrogen-bond acceptors (Lipinski definition) is 4. The molecule has 0 saturated carbocycles. The van der Waals surface area contributed by atoms with Crippen LogP contribution in [0.25, 0.3) is 0 Å². The fraction of sp³-hybridized carbons (Fsp3) is 0.500. The lowest BCUT2D eigenvalue weighted by Crippen LogP contribution is -2.50. The Balaban J connectivity index is 3.09. The SMILES string of the molecule is COC(=O)C(C)(NC(C)C)c1ccccn1. The average Bonchev–Trinajstić information content (AvgIpc) is 2.28. The first-order valence-electron chi connectivity index (χ1n) is 5.28. The van der Waals surface area contributed by atoms with Crippen molar-refractivity contribution in [1.82, 2.24) is 10.3 Å². The van der Waals surface area contributed by atoms with Gasteiger partial charge in [0, 0.05) is 12.2 Å². The molecular formula is C12H18N2O2. The first-order valence-corrected chi connectivity index (χ1v) is 5.28. The predicted molar refractivity (Wildman–Crippen MR) is 61.9 cm³/mol. The molecule has 1 aromatic heterocycles. The van der Waals surface area contributed by atoms with Crippen LogP contribution >= 0.6 is 0 Å². The summed E-state index contributed by atoms with van der Waals surface area (Å²) in [6.07, 6.45) is 1.67. The van der Waals surface area contributed by atoms with Crippen molar-refractivity contribution in [3.8, 4) is 0 Å². The molecule has 0 aliphatic carbocycles. The lowest BCUT2D eigenvalue weighted by molar-refractivity contribution is -0.148. The molecule has 4 heteroatoms. The van der Waals surface area contributed by atoms with E-state index in [0.717, 1.165) is 0 Å². The second-order valence-electron chi connectivity index (χ2n) is 4.13. The highest BCUT2D eigenvalue weighted by Gasteiger charge is 2.37. The van der Waals surface area contributed by atoms with Crippen LogP contribution in [0.3, 0.4) is 0 Å². The Morgan fingerprint density at radius 1 is 1.50 bits per heavy atom. The minimum atomic E-state index is -0.899. The summed E-state index contributed by atoms with van der Waals surface area (Å²) in [6.45, 7) is 5.73. The second-order valence-corrected chi connectivity index (χ2v) is 4.13. The fourth-order valence-corrected chi connectivity index (χ4v) is 1.68. The third kappa shape index (κ3) is 2.58. The van der Waals surface area contributed by atoms with Crippen LogP contribution in [0, 0.1) is 0 Å². The van der Waals surface area contributed by atoms with E-state index >= 15 is 0 Å². The van der Waals surface area contributed by atoms with Crippen molar-refractivity contribution in [3.05, 3.63) is 30.1 Å². The number of carbonyl (C=O) groups is 1. The van der Waals surface area contributed by atoms with E-state index in [2.05, 4.69) is 10.3 Å². The molecule has 0 aromatic carbocycles. The first kappa shape index (κ1) is 12.6. The minimum absolute atomic E-state index is 0.158. The van der Waals surface area contributed by atoms with Crippen molar-refractivity contribution in [2.75, 3.05) is 7.11 Å². The van der Waals surface area contributed by atoms with Gasteiger partial charge in [0.2, 0.25) is 0 Å². The summed E-state index contributed by atoms with van der Waals surface area (Å²) in [6, 6.07) is 5.64. The molecule has 0 saturated heterocycles. The number of hydrogen-bond donors (Lipinski definition) is 1. The highest BCUT2D eigenvalue weighted by atomic mass is 16.5. The van der Waals surface area contributed by atoms with Gasteiger partial charge in [0.15, 0.2) is 5.54 Å². The van der Waals surface area contributed by atoms with Crippen LogP contribution in [0.4, 0.5) is 0 Å². The normalized spacial score (nSPS) is 14.6. The van der Waals surface area contributed by atoms with E-state index < -0.39 is 5.54 Å². The van der Waals surface area contributed by atoms with Gasteiger partial charge in [-0.15, -0.1) is 0 Å². The minimum Gasteiger partial charge on any atom is -0.467 e. The molecule has 88 valence electrons. The van der Waals surface area contributed by atoms with Crippen molar-refractivity contribution < 1.29 is 9.53 Å². The molecule has 1 heterocycles. The van der Waals surface area contributed by atoms with Gasteiger partial charge >= 0.3 is 5.97 Å². The summed E-state index contributed by atoms with van der Waals surface area (Å²) in [7, 11) is 1.38. The van der Waals surface area contributed by atoms with Crippen molar-refractivity contribution in [3.63, 3.8) is 0 Å². The Bertz CT molecular complexity index is 351. The fourth-order valence-electron chi connectivity index (χ4n) is 1.68. The largest absolute Gasteiger partial charge is 0.467 e. The van der Waals surface area contributed by atoms with Crippen molar-refractivity contribution in [2.45, 2.75) is 32.4 Å². The van der Waals surface area contributed by atoms with E-state index in [1.165, 1.54) is 7.11 Å². The van der Waals surface area contributed by atoms with E-state index in [1.54, 1.807) is 13.1 Å². The molecular weight excluding hydrogens is 204 g/mol. The van der Waals surface area contributed by atoms with Gasteiger partial charge in [0.25, 0.3) is 0 Å². The summed E-state index contributed by atoms with van der Waals surface area (Å²) in [4.78, 5) is 16.1. The van der Waals surface area contributed by atoms with Crippen LogP contribution in [-0.4, -0.2) is 24.1 Å². The van der Waals surface area contributed by atoms with Crippen LogP contribution < -0.4 is 5.32 Å². The van der Waals surface area contributed by atoms with E-state index in [0.29, 0.717) is 5.69 Å². The van der Waals surface area contributed by atoms with Crippen molar-refractivity contribution >= 4 is 5.97 Å². The summed E-state index contributed by atoms with van der Waals surface area (Å²) < 4.78 is 4.83. The van der Waals surface area contributed by atoms with Crippen LogP contribution in [0.5, 0.6) is 0 Å². The molecule has 0 bridgehead atoms. The van der Waals surface area contributed by atoms with Gasteiger partial charge < -0.3 is 4.74 Å². The van der Waals surface area contributed by atoms with E-state index in [4.69, 9.17) is 4.74 Å². The van der Waals surface area contributed by atoms with Crippen molar-refractivity contribution in [2.24, 2.45) is 0 Å². The maximum atomic E-state index is 11.8. The zero-order chi connectivity index (χ0) is 12.2. The Morgan fingerprint density at radius 3 is 2.62 bits per heavy atom.